The molecule has 0 saturated carbocycles. The van der Waals surface area contributed by atoms with Crippen molar-refractivity contribution in [3.63, 3.8) is 0 Å². The molecular formula is C21H20O7. The fraction of sp³-hybridized carbons (Fsp3) is 0.238. The molecule has 1 heterocycles. The lowest BCUT2D eigenvalue weighted by molar-refractivity contribution is -0.169. The molecule has 7 heteroatoms. The molecule has 3 rings (SSSR count). The third-order valence-corrected chi connectivity index (χ3v) is 4.43. The van der Waals surface area contributed by atoms with E-state index in [1.807, 2.05) is 0 Å². The minimum atomic E-state index is -1.76. The number of carbonyl (C=O) groups is 2. The van der Waals surface area contributed by atoms with Crippen LogP contribution < -0.4 is 0 Å². The molecule has 146 valence electrons. The summed E-state index contributed by atoms with van der Waals surface area (Å²) < 4.78 is 16.1. The number of cyclic esters (lactones) is 1. The lowest BCUT2D eigenvalue weighted by Crippen LogP contribution is -2.44. The van der Waals surface area contributed by atoms with Gasteiger partial charge in [-0.2, -0.15) is 0 Å². The number of rotatable bonds is 6. The molecule has 7 nitrogen and oxygen atoms in total. The van der Waals surface area contributed by atoms with Crippen molar-refractivity contribution in [2.75, 3.05) is 13.7 Å². The van der Waals surface area contributed by atoms with Crippen LogP contribution in [0.15, 0.2) is 54.3 Å². The van der Waals surface area contributed by atoms with Crippen LogP contribution in [0.25, 0.3) is 5.57 Å². The van der Waals surface area contributed by atoms with Crippen LogP contribution in [-0.4, -0.2) is 41.5 Å². The van der Waals surface area contributed by atoms with E-state index in [0.29, 0.717) is 11.1 Å². The van der Waals surface area contributed by atoms with Gasteiger partial charge in [-0.25, -0.2) is 9.59 Å². The molecule has 0 saturated heterocycles. The van der Waals surface area contributed by atoms with Crippen molar-refractivity contribution in [3.8, 4) is 11.5 Å². The zero-order chi connectivity index (χ0) is 20.3. The first-order chi connectivity index (χ1) is 13.4. The smallest absolute Gasteiger partial charge is 0.375 e. The molecule has 0 fully saturated rings. The fourth-order valence-corrected chi connectivity index (χ4v) is 3.22. The quantitative estimate of drug-likeness (QED) is 0.738. The molecule has 0 aromatic heterocycles. The van der Waals surface area contributed by atoms with Crippen molar-refractivity contribution in [2.45, 2.75) is 18.9 Å². The van der Waals surface area contributed by atoms with Crippen LogP contribution in [0.5, 0.6) is 11.5 Å². The average molecular weight is 384 g/mol. The summed E-state index contributed by atoms with van der Waals surface area (Å²) in [5.41, 5.74) is -0.398. The van der Waals surface area contributed by atoms with Gasteiger partial charge < -0.3 is 24.4 Å². The van der Waals surface area contributed by atoms with Crippen LogP contribution >= 0.6 is 0 Å². The summed E-state index contributed by atoms with van der Waals surface area (Å²) in [7, 11) is 1.21. The number of benzene rings is 2. The molecule has 2 aromatic carbocycles. The van der Waals surface area contributed by atoms with Gasteiger partial charge in [0.15, 0.2) is 0 Å². The standard InChI is InChI=1S/C21H20O7/c1-3-27-18-17(14-6-10-16(23)11-7-14)21(20(25)26-2,28-19(18)24)12-13-4-8-15(22)9-5-13/h4-11,22-23H,3,12H2,1-2H3. The van der Waals surface area contributed by atoms with E-state index >= 15 is 0 Å². The second-order valence-electron chi connectivity index (χ2n) is 6.24. The molecule has 0 amide bonds. The van der Waals surface area contributed by atoms with E-state index in [9.17, 15) is 19.8 Å². The fourth-order valence-electron chi connectivity index (χ4n) is 3.22. The number of hydrogen-bond donors (Lipinski definition) is 2. The predicted octanol–water partition coefficient (Wildman–Crippen LogP) is 2.56. The highest BCUT2D eigenvalue weighted by molar-refractivity contribution is 6.11. The third-order valence-electron chi connectivity index (χ3n) is 4.43. The summed E-state index contributed by atoms with van der Waals surface area (Å²) in [6.07, 6.45) is -0.0154. The van der Waals surface area contributed by atoms with Crippen LogP contribution in [0.2, 0.25) is 0 Å². The van der Waals surface area contributed by atoms with Crippen molar-refractivity contribution < 1.29 is 34.0 Å². The first-order valence-electron chi connectivity index (χ1n) is 8.68. The number of carbonyl (C=O) groups excluding carboxylic acids is 2. The van der Waals surface area contributed by atoms with Crippen LogP contribution in [0, 0.1) is 0 Å². The Bertz CT molecular complexity index is 913. The van der Waals surface area contributed by atoms with Crippen molar-refractivity contribution >= 4 is 17.5 Å². The number of esters is 2. The summed E-state index contributed by atoms with van der Waals surface area (Å²) >= 11 is 0. The number of hydrogen-bond acceptors (Lipinski definition) is 7. The maximum atomic E-state index is 12.9. The third kappa shape index (κ3) is 3.38. The van der Waals surface area contributed by atoms with Crippen LogP contribution in [0.3, 0.4) is 0 Å². The van der Waals surface area contributed by atoms with Crippen molar-refractivity contribution in [2.24, 2.45) is 0 Å². The van der Waals surface area contributed by atoms with Crippen LogP contribution in [-0.2, 0) is 30.2 Å². The summed E-state index contributed by atoms with van der Waals surface area (Å²) in [6.45, 7) is 1.91. The SMILES string of the molecule is CCOC1=C(c2ccc(O)cc2)C(Cc2ccc(O)cc2)(C(=O)OC)OC1=O. The lowest BCUT2D eigenvalue weighted by atomic mass is 9.83. The maximum Gasteiger partial charge on any atom is 0.375 e. The topological polar surface area (TPSA) is 102 Å². The predicted molar refractivity (Wildman–Crippen MR) is 99.3 cm³/mol. The van der Waals surface area contributed by atoms with Crippen LogP contribution in [0.1, 0.15) is 18.1 Å². The van der Waals surface area contributed by atoms with E-state index in [1.54, 1.807) is 31.2 Å². The second-order valence-corrected chi connectivity index (χ2v) is 6.24. The molecule has 2 N–H and O–H groups in total. The molecule has 2 aromatic rings. The molecule has 1 unspecified atom stereocenters. The number of methoxy groups -OCH3 is 1. The number of aromatic hydroxyl groups is 2. The first kappa shape index (κ1) is 19.3. The van der Waals surface area contributed by atoms with E-state index in [1.165, 1.54) is 31.4 Å². The van der Waals surface area contributed by atoms with Gasteiger partial charge in [0.1, 0.15) is 11.5 Å². The number of phenolic OH excluding ortho intramolecular Hbond substituents is 2. The van der Waals surface area contributed by atoms with Crippen molar-refractivity contribution in [1.29, 1.82) is 0 Å². The minimum Gasteiger partial charge on any atom is -0.508 e. The molecule has 0 aliphatic carbocycles. The molecule has 0 spiro atoms. The Morgan fingerprint density at radius 3 is 2.14 bits per heavy atom. The van der Waals surface area contributed by atoms with Gasteiger partial charge in [-0.1, -0.05) is 24.3 Å². The van der Waals surface area contributed by atoms with Gasteiger partial charge in [0.25, 0.3) is 0 Å². The molecule has 1 aliphatic rings. The van der Waals surface area contributed by atoms with E-state index in [2.05, 4.69) is 0 Å². The summed E-state index contributed by atoms with van der Waals surface area (Å²) in [6, 6.07) is 12.2. The Morgan fingerprint density at radius 1 is 1.04 bits per heavy atom. The van der Waals surface area contributed by atoms with E-state index < -0.39 is 17.5 Å². The molecular weight excluding hydrogens is 364 g/mol. The van der Waals surface area contributed by atoms with Crippen molar-refractivity contribution in [1.82, 2.24) is 0 Å². The van der Waals surface area contributed by atoms with Gasteiger partial charge >= 0.3 is 11.9 Å². The normalized spacial score (nSPS) is 18.7. The highest BCUT2D eigenvalue weighted by Crippen LogP contribution is 2.44. The van der Waals surface area contributed by atoms with Gasteiger partial charge in [0.2, 0.25) is 11.4 Å². The zero-order valence-corrected chi connectivity index (χ0v) is 15.5. The summed E-state index contributed by atoms with van der Waals surface area (Å²) in [4.78, 5) is 25.5. The van der Waals surface area contributed by atoms with E-state index in [4.69, 9.17) is 14.2 Å². The highest BCUT2D eigenvalue weighted by Gasteiger charge is 2.56. The minimum absolute atomic E-state index is 0.0154. The van der Waals surface area contributed by atoms with E-state index in [0.717, 1.165) is 0 Å². The van der Waals surface area contributed by atoms with Gasteiger partial charge in [-0.15, -0.1) is 0 Å². The molecule has 28 heavy (non-hydrogen) atoms. The maximum absolute atomic E-state index is 12.9. The highest BCUT2D eigenvalue weighted by atomic mass is 16.6. The largest absolute Gasteiger partial charge is 0.508 e. The van der Waals surface area contributed by atoms with Gasteiger partial charge in [-0.3, -0.25) is 0 Å². The molecule has 0 radical (unpaired) electrons. The molecule has 1 atom stereocenters. The Labute approximate surface area is 161 Å². The Balaban J connectivity index is 2.20. The van der Waals surface area contributed by atoms with E-state index in [-0.39, 0.29) is 35.9 Å². The summed E-state index contributed by atoms with van der Waals surface area (Å²) in [5, 5.41) is 19.1. The van der Waals surface area contributed by atoms with Crippen LogP contribution in [0.4, 0.5) is 0 Å². The zero-order valence-electron chi connectivity index (χ0n) is 15.5. The average Bonchev–Trinajstić information content (AvgIpc) is 2.96. The second kappa shape index (κ2) is 7.64. The number of ether oxygens (including phenoxy) is 3. The Kier molecular flexibility index (Phi) is 5.26. The van der Waals surface area contributed by atoms with Gasteiger partial charge in [0.05, 0.1) is 19.3 Å². The Hall–Kier alpha value is -3.48. The first-order valence-corrected chi connectivity index (χ1v) is 8.68. The molecule has 1 aliphatic heterocycles. The Morgan fingerprint density at radius 2 is 1.61 bits per heavy atom. The van der Waals surface area contributed by atoms with Gasteiger partial charge in [0, 0.05) is 6.42 Å². The number of phenols is 2. The molecule has 0 bridgehead atoms. The summed E-state index contributed by atoms with van der Waals surface area (Å²) in [5.74, 6) is -1.49. The monoisotopic (exact) mass is 384 g/mol. The lowest BCUT2D eigenvalue weighted by Gasteiger charge is -2.28. The van der Waals surface area contributed by atoms with Gasteiger partial charge in [-0.05, 0) is 42.3 Å². The van der Waals surface area contributed by atoms with Crippen molar-refractivity contribution in [3.05, 3.63) is 65.4 Å².